The van der Waals surface area contributed by atoms with Crippen LogP contribution in [0.15, 0.2) is 180 Å². The van der Waals surface area contributed by atoms with Gasteiger partial charge in [0.15, 0.2) is 5.82 Å². The maximum atomic E-state index is 6.65. The Kier molecular flexibility index (Phi) is 6.46. The van der Waals surface area contributed by atoms with E-state index in [0.29, 0.717) is 5.82 Å². The molecule has 0 fully saturated rings. The quantitative estimate of drug-likeness (QED) is 0.188. The summed E-state index contributed by atoms with van der Waals surface area (Å²) in [4.78, 5) is 12.8. The number of hydrogen-bond acceptors (Lipinski definition) is 4. The molecule has 0 N–H and O–H groups in total. The average molecular weight is 640 g/mol. The van der Waals surface area contributed by atoms with Crippen LogP contribution < -0.4 is 4.90 Å². The second-order valence-electron chi connectivity index (χ2n) is 12.6. The highest BCUT2D eigenvalue weighted by Gasteiger charge is 2.20. The van der Waals surface area contributed by atoms with Crippen LogP contribution in [0.3, 0.4) is 0 Å². The van der Waals surface area contributed by atoms with Gasteiger partial charge < -0.3 is 9.32 Å². The summed E-state index contributed by atoms with van der Waals surface area (Å²) in [6, 6.07) is 61.3. The van der Waals surface area contributed by atoms with Crippen molar-refractivity contribution in [1.29, 1.82) is 0 Å². The number of nitrogens with zero attached hydrogens (tertiary/aromatic N) is 3. The highest BCUT2D eigenvalue weighted by molar-refractivity contribution is 6.19. The fourth-order valence-corrected chi connectivity index (χ4v) is 7.27. The van der Waals surface area contributed by atoms with E-state index in [2.05, 4.69) is 163 Å². The Morgan fingerprint density at radius 2 is 1.08 bits per heavy atom. The molecule has 0 bridgehead atoms. The standard InChI is InChI=1S/C46H29N3O/c1-3-15-33(16-4-1)49(34-17-5-2-6-18-34)35-25-26-43-39(28-35)40-29-41(36-19-9-10-20-37(36)45(40)50-43)46-47-42-22-12-11-21-38(42)44(48-46)32-24-23-30-13-7-8-14-31(30)27-32/h1-29H. The molecule has 0 amide bonds. The van der Waals surface area contributed by atoms with Gasteiger partial charge in [-0.3, -0.25) is 0 Å². The normalized spacial score (nSPS) is 11.6. The van der Waals surface area contributed by atoms with Gasteiger partial charge in [0.1, 0.15) is 11.2 Å². The van der Waals surface area contributed by atoms with Gasteiger partial charge in [-0.05, 0) is 76.8 Å². The van der Waals surface area contributed by atoms with E-state index in [1.165, 1.54) is 10.8 Å². The van der Waals surface area contributed by atoms with Crippen molar-refractivity contribution in [2.75, 3.05) is 4.90 Å². The van der Waals surface area contributed by atoms with Gasteiger partial charge in [0.25, 0.3) is 0 Å². The lowest BCUT2D eigenvalue weighted by molar-refractivity contribution is 0.672. The fourth-order valence-electron chi connectivity index (χ4n) is 7.27. The molecule has 0 spiro atoms. The summed E-state index contributed by atoms with van der Waals surface area (Å²) in [5, 5.41) is 7.56. The smallest absolute Gasteiger partial charge is 0.161 e. The largest absolute Gasteiger partial charge is 0.455 e. The zero-order chi connectivity index (χ0) is 33.0. The molecule has 0 aliphatic rings. The molecule has 0 aliphatic carbocycles. The summed E-state index contributed by atoms with van der Waals surface area (Å²) in [5.41, 5.74) is 8.78. The number of para-hydroxylation sites is 3. The van der Waals surface area contributed by atoms with Crippen LogP contribution >= 0.6 is 0 Å². The van der Waals surface area contributed by atoms with Gasteiger partial charge in [-0.1, -0.05) is 115 Å². The summed E-state index contributed by atoms with van der Waals surface area (Å²) in [6.45, 7) is 0. The Balaban J connectivity index is 1.22. The first-order chi connectivity index (χ1) is 24.8. The predicted octanol–water partition coefficient (Wildman–Crippen LogP) is 12.6. The van der Waals surface area contributed by atoms with Crippen LogP contribution in [0, 0.1) is 0 Å². The van der Waals surface area contributed by atoms with E-state index < -0.39 is 0 Å². The van der Waals surface area contributed by atoms with E-state index >= 15 is 0 Å². The van der Waals surface area contributed by atoms with Gasteiger partial charge in [0.05, 0.1) is 11.2 Å². The van der Waals surface area contributed by atoms with Crippen molar-refractivity contribution >= 4 is 71.4 Å². The molecule has 0 unspecified atom stereocenters. The van der Waals surface area contributed by atoms with Gasteiger partial charge in [0, 0.05) is 49.7 Å². The summed E-state index contributed by atoms with van der Waals surface area (Å²) < 4.78 is 6.65. The molecule has 2 heterocycles. The predicted molar refractivity (Wildman–Crippen MR) is 207 cm³/mol. The maximum absolute atomic E-state index is 6.65. The van der Waals surface area contributed by atoms with Crippen molar-refractivity contribution in [3.8, 4) is 22.6 Å². The van der Waals surface area contributed by atoms with Crippen LogP contribution in [0.1, 0.15) is 0 Å². The molecular weight excluding hydrogens is 611 g/mol. The molecule has 10 rings (SSSR count). The van der Waals surface area contributed by atoms with E-state index in [1.807, 2.05) is 18.2 Å². The average Bonchev–Trinajstić information content (AvgIpc) is 3.56. The molecule has 50 heavy (non-hydrogen) atoms. The van der Waals surface area contributed by atoms with Crippen molar-refractivity contribution in [2.45, 2.75) is 0 Å². The molecular formula is C46H29N3O. The lowest BCUT2D eigenvalue weighted by Gasteiger charge is -2.25. The molecule has 0 atom stereocenters. The molecule has 10 aromatic rings. The highest BCUT2D eigenvalue weighted by Crippen LogP contribution is 2.43. The second kappa shape index (κ2) is 11.4. The van der Waals surface area contributed by atoms with Gasteiger partial charge in [-0.15, -0.1) is 0 Å². The number of aromatic nitrogens is 2. The third-order valence-corrected chi connectivity index (χ3v) is 9.61. The first-order valence-corrected chi connectivity index (χ1v) is 16.8. The van der Waals surface area contributed by atoms with Gasteiger partial charge in [0.2, 0.25) is 0 Å². The van der Waals surface area contributed by atoms with Crippen molar-refractivity contribution in [3.63, 3.8) is 0 Å². The number of benzene rings is 8. The van der Waals surface area contributed by atoms with Crippen molar-refractivity contribution < 1.29 is 4.42 Å². The van der Waals surface area contributed by atoms with Crippen LogP contribution in [0.5, 0.6) is 0 Å². The van der Waals surface area contributed by atoms with Crippen molar-refractivity contribution in [1.82, 2.24) is 9.97 Å². The lowest BCUT2D eigenvalue weighted by atomic mass is 9.98. The Morgan fingerprint density at radius 1 is 0.420 bits per heavy atom. The Hall–Kier alpha value is -6.78. The summed E-state index contributed by atoms with van der Waals surface area (Å²) in [6.07, 6.45) is 0. The van der Waals surface area contributed by atoms with E-state index in [9.17, 15) is 0 Å². The van der Waals surface area contributed by atoms with Crippen LogP contribution in [-0.4, -0.2) is 9.97 Å². The number of rotatable bonds is 5. The molecule has 0 aliphatic heterocycles. The van der Waals surface area contributed by atoms with E-state index in [-0.39, 0.29) is 0 Å². The molecule has 4 heteroatoms. The first kappa shape index (κ1) is 28.3. The molecule has 234 valence electrons. The minimum atomic E-state index is 0.686. The number of furan rings is 1. The van der Waals surface area contributed by atoms with Gasteiger partial charge >= 0.3 is 0 Å². The molecule has 4 nitrogen and oxygen atoms in total. The van der Waals surface area contributed by atoms with E-state index in [1.54, 1.807) is 0 Å². The minimum absolute atomic E-state index is 0.686. The van der Waals surface area contributed by atoms with Crippen molar-refractivity contribution in [3.05, 3.63) is 176 Å². The maximum Gasteiger partial charge on any atom is 0.161 e. The number of anilines is 3. The zero-order valence-electron chi connectivity index (χ0n) is 27.0. The SMILES string of the molecule is c1ccc(N(c2ccccc2)c2ccc3oc4c5ccccc5c(-c5nc(-c6ccc7ccccc7c6)c6ccccc6n5)cc4c3c2)cc1. The first-order valence-electron chi connectivity index (χ1n) is 16.8. The lowest BCUT2D eigenvalue weighted by Crippen LogP contribution is -2.09. The topological polar surface area (TPSA) is 42.2 Å². The number of hydrogen-bond donors (Lipinski definition) is 0. The van der Waals surface area contributed by atoms with Crippen LogP contribution in [-0.2, 0) is 0 Å². The Bertz CT molecular complexity index is 2840. The minimum Gasteiger partial charge on any atom is -0.455 e. The van der Waals surface area contributed by atoms with Crippen molar-refractivity contribution in [2.24, 2.45) is 0 Å². The number of fused-ring (bicyclic) bond motifs is 7. The summed E-state index contributed by atoms with van der Waals surface area (Å²) in [5.74, 6) is 0.686. The molecule has 8 aromatic carbocycles. The third kappa shape index (κ3) is 4.61. The van der Waals surface area contributed by atoms with E-state index in [0.717, 1.165) is 77.5 Å². The molecule has 0 saturated carbocycles. The molecule has 0 radical (unpaired) electrons. The summed E-state index contributed by atoms with van der Waals surface area (Å²) in [7, 11) is 0. The van der Waals surface area contributed by atoms with Crippen LogP contribution in [0.25, 0.3) is 77.0 Å². The second-order valence-corrected chi connectivity index (χ2v) is 12.6. The molecule has 0 saturated heterocycles. The highest BCUT2D eigenvalue weighted by atomic mass is 16.3. The van der Waals surface area contributed by atoms with Gasteiger partial charge in [-0.25, -0.2) is 9.97 Å². The fraction of sp³-hybridized carbons (Fsp3) is 0. The van der Waals surface area contributed by atoms with Crippen LogP contribution in [0.2, 0.25) is 0 Å². The summed E-state index contributed by atoms with van der Waals surface area (Å²) >= 11 is 0. The Morgan fingerprint density at radius 3 is 1.86 bits per heavy atom. The monoisotopic (exact) mass is 639 g/mol. The Labute approximate surface area is 288 Å². The van der Waals surface area contributed by atoms with Crippen LogP contribution in [0.4, 0.5) is 17.1 Å². The van der Waals surface area contributed by atoms with E-state index in [4.69, 9.17) is 14.4 Å². The zero-order valence-corrected chi connectivity index (χ0v) is 27.0. The third-order valence-electron chi connectivity index (χ3n) is 9.61. The van der Waals surface area contributed by atoms with Gasteiger partial charge in [-0.2, -0.15) is 0 Å². The molecule has 2 aromatic heterocycles.